The highest BCUT2D eigenvalue weighted by atomic mass is 35.5. The van der Waals surface area contributed by atoms with Crippen molar-refractivity contribution in [2.24, 2.45) is 0 Å². The maximum absolute atomic E-state index is 13.7. The number of imidazole rings is 1. The molecular formula is C13H15Cl2FN2S. The molecule has 0 bridgehead atoms. The number of thioether (sulfide) groups is 1. The van der Waals surface area contributed by atoms with Gasteiger partial charge in [-0.15, -0.1) is 11.6 Å². The fraction of sp³-hybridized carbons (Fsp3) is 0.462. The summed E-state index contributed by atoms with van der Waals surface area (Å²) in [5, 5.41) is -0.151. The zero-order valence-electron chi connectivity index (χ0n) is 11.0. The molecule has 0 aliphatic heterocycles. The van der Waals surface area contributed by atoms with Gasteiger partial charge in [-0.1, -0.05) is 11.6 Å². The molecule has 0 radical (unpaired) electrons. The molecule has 0 amide bonds. The van der Waals surface area contributed by atoms with Crippen LogP contribution in [0.2, 0.25) is 5.02 Å². The van der Waals surface area contributed by atoms with E-state index in [0.29, 0.717) is 5.52 Å². The van der Waals surface area contributed by atoms with Gasteiger partial charge in [0.15, 0.2) is 0 Å². The highest BCUT2D eigenvalue weighted by molar-refractivity contribution is 7.98. The summed E-state index contributed by atoms with van der Waals surface area (Å²) in [5.74, 6) is 1.23. The van der Waals surface area contributed by atoms with E-state index in [1.807, 2.05) is 17.7 Å². The maximum Gasteiger partial charge on any atom is 0.144 e. The number of hydrogen-bond acceptors (Lipinski definition) is 2. The number of alkyl halides is 1. The summed E-state index contributed by atoms with van der Waals surface area (Å²) in [6.07, 6.45) is 2.04. The monoisotopic (exact) mass is 320 g/mol. The number of benzene rings is 1. The molecule has 0 N–H and O–H groups in total. The predicted molar refractivity (Wildman–Crippen MR) is 82.1 cm³/mol. The second-order valence-corrected chi connectivity index (χ2v) is 6.49. The molecule has 2 unspecified atom stereocenters. The SMILES string of the molecule is CSCC(C)n1c(C(C)Cl)nc2cc(Cl)c(F)cc21. The Bertz CT molecular complexity index is 598. The Hall–Kier alpha value is -0.450. The lowest BCUT2D eigenvalue weighted by Gasteiger charge is -2.17. The minimum Gasteiger partial charge on any atom is -0.323 e. The van der Waals surface area contributed by atoms with E-state index in [4.69, 9.17) is 23.2 Å². The fourth-order valence-corrected chi connectivity index (χ4v) is 3.11. The van der Waals surface area contributed by atoms with Gasteiger partial charge in [0, 0.05) is 17.9 Å². The van der Waals surface area contributed by atoms with Crippen molar-refractivity contribution in [3.05, 3.63) is 28.8 Å². The molecule has 0 saturated carbocycles. The number of halogens is 3. The maximum atomic E-state index is 13.7. The molecular weight excluding hydrogens is 306 g/mol. The van der Waals surface area contributed by atoms with Crippen LogP contribution in [0.4, 0.5) is 4.39 Å². The van der Waals surface area contributed by atoms with Gasteiger partial charge >= 0.3 is 0 Å². The molecule has 1 heterocycles. The largest absolute Gasteiger partial charge is 0.323 e. The zero-order valence-corrected chi connectivity index (χ0v) is 13.3. The van der Waals surface area contributed by atoms with Gasteiger partial charge in [0.1, 0.15) is 11.6 Å². The van der Waals surface area contributed by atoms with Crippen LogP contribution >= 0.6 is 35.0 Å². The van der Waals surface area contributed by atoms with Crippen molar-refractivity contribution in [2.75, 3.05) is 12.0 Å². The number of fused-ring (bicyclic) bond motifs is 1. The topological polar surface area (TPSA) is 17.8 Å². The van der Waals surface area contributed by atoms with Crippen molar-refractivity contribution in [2.45, 2.75) is 25.3 Å². The van der Waals surface area contributed by atoms with Gasteiger partial charge in [0.25, 0.3) is 0 Å². The van der Waals surface area contributed by atoms with Crippen LogP contribution in [0.3, 0.4) is 0 Å². The van der Waals surface area contributed by atoms with E-state index < -0.39 is 5.82 Å². The summed E-state index contributed by atoms with van der Waals surface area (Å²) < 4.78 is 15.7. The van der Waals surface area contributed by atoms with Crippen LogP contribution < -0.4 is 0 Å². The summed E-state index contributed by atoms with van der Waals surface area (Å²) in [6.45, 7) is 3.94. The third kappa shape index (κ3) is 2.86. The van der Waals surface area contributed by atoms with Crippen molar-refractivity contribution in [3.8, 4) is 0 Å². The Morgan fingerprint density at radius 2 is 2.11 bits per heavy atom. The predicted octanol–water partition coefficient (Wildman–Crippen LogP) is 5.05. The molecule has 0 aliphatic rings. The van der Waals surface area contributed by atoms with Crippen LogP contribution in [0.5, 0.6) is 0 Å². The van der Waals surface area contributed by atoms with Crippen LogP contribution in [0.1, 0.15) is 31.1 Å². The molecule has 2 atom stereocenters. The first kappa shape index (κ1) is 14.9. The van der Waals surface area contributed by atoms with Crippen molar-refractivity contribution in [3.63, 3.8) is 0 Å². The summed E-state index contributed by atoms with van der Waals surface area (Å²) in [6, 6.07) is 3.18. The van der Waals surface area contributed by atoms with Crippen molar-refractivity contribution < 1.29 is 4.39 Å². The zero-order chi connectivity index (χ0) is 14.2. The molecule has 104 valence electrons. The van der Waals surface area contributed by atoms with Gasteiger partial charge < -0.3 is 4.57 Å². The van der Waals surface area contributed by atoms with Crippen LogP contribution in [0.25, 0.3) is 11.0 Å². The number of nitrogens with zero attached hydrogens (tertiary/aromatic N) is 2. The van der Waals surface area contributed by atoms with Crippen LogP contribution in [-0.2, 0) is 0 Å². The Balaban J connectivity index is 2.69. The second-order valence-electron chi connectivity index (χ2n) is 4.52. The molecule has 0 aliphatic carbocycles. The normalized spacial score (nSPS) is 14.8. The van der Waals surface area contributed by atoms with Gasteiger partial charge in [0.05, 0.1) is 21.4 Å². The molecule has 6 heteroatoms. The number of aromatic nitrogens is 2. The first-order valence-electron chi connectivity index (χ1n) is 5.95. The Morgan fingerprint density at radius 1 is 1.42 bits per heavy atom. The molecule has 2 rings (SSSR count). The van der Waals surface area contributed by atoms with Crippen molar-refractivity contribution in [1.82, 2.24) is 9.55 Å². The molecule has 0 spiro atoms. The van der Waals surface area contributed by atoms with E-state index >= 15 is 0 Å². The van der Waals surface area contributed by atoms with Gasteiger partial charge in [0.2, 0.25) is 0 Å². The second kappa shape index (κ2) is 5.90. The molecule has 2 nitrogen and oxygen atoms in total. The van der Waals surface area contributed by atoms with E-state index in [-0.39, 0.29) is 16.4 Å². The summed E-state index contributed by atoms with van der Waals surface area (Å²) >= 11 is 13.7. The molecule has 0 fully saturated rings. The molecule has 0 saturated heterocycles. The van der Waals surface area contributed by atoms with E-state index in [0.717, 1.165) is 17.1 Å². The van der Waals surface area contributed by atoms with Gasteiger partial charge in [-0.3, -0.25) is 0 Å². The lowest BCUT2D eigenvalue weighted by molar-refractivity contribution is 0.589. The quantitative estimate of drug-likeness (QED) is 0.733. The third-order valence-electron chi connectivity index (χ3n) is 2.96. The van der Waals surface area contributed by atoms with Gasteiger partial charge in [-0.25, -0.2) is 9.37 Å². The molecule has 1 aromatic carbocycles. The first-order valence-corrected chi connectivity index (χ1v) is 8.16. The Labute approximate surface area is 126 Å². The van der Waals surface area contributed by atoms with E-state index in [9.17, 15) is 4.39 Å². The third-order valence-corrected chi connectivity index (χ3v) is 4.26. The first-order chi connectivity index (χ1) is 8.95. The summed E-state index contributed by atoms with van der Waals surface area (Å²) in [4.78, 5) is 4.49. The highest BCUT2D eigenvalue weighted by Crippen LogP contribution is 2.31. The van der Waals surface area contributed by atoms with Crippen molar-refractivity contribution >= 4 is 46.0 Å². The van der Waals surface area contributed by atoms with E-state index in [1.54, 1.807) is 17.8 Å². The standard InChI is InChI=1S/C13H15Cl2FN2S/c1-7(6-19-3)18-12-5-10(16)9(15)4-11(12)17-13(18)8(2)14/h4-5,7-8H,6H2,1-3H3. The highest BCUT2D eigenvalue weighted by Gasteiger charge is 2.20. The average molecular weight is 321 g/mol. The lowest BCUT2D eigenvalue weighted by Crippen LogP contribution is -2.12. The number of rotatable bonds is 4. The van der Waals surface area contributed by atoms with Crippen molar-refractivity contribution in [1.29, 1.82) is 0 Å². The summed E-state index contributed by atoms with van der Waals surface area (Å²) in [7, 11) is 0. The van der Waals surface area contributed by atoms with E-state index in [2.05, 4.69) is 11.9 Å². The van der Waals surface area contributed by atoms with Gasteiger partial charge in [-0.2, -0.15) is 11.8 Å². The summed E-state index contributed by atoms with van der Waals surface area (Å²) in [5.41, 5.74) is 1.42. The Kier molecular flexibility index (Phi) is 4.64. The fourth-order valence-electron chi connectivity index (χ4n) is 2.17. The minimum absolute atomic E-state index is 0.0865. The van der Waals surface area contributed by atoms with Gasteiger partial charge in [-0.05, 0) is 26.2 Å². The Morgan fingerprint density at radius 3 is 2.68 bits per heavy atom. The smallest absolute Gasteiger partial charge is 0.144 e. The number of hydrogen-bond donors (Lipinski definition) is 0. The van der Waals surface area contributed by atoms with Crippen LogP contribution in [-0.4, -0.2) is 21.6 Å². The van der Waals surface area contributed by atoms with Crippen LogP contribution in [0.15, 0.2) is 12.1 Å². The molecule has 2 aromatic rings. The van der Waals surface area contributed by atoms with Crippen LogP contribution in [0, 0.1) is 5.82 Å². The lowest BCUT2D eigenvalue weighted by atomic mass is 10.2. The average Bonchev–Trinajstić information content (AvgIpc) is 2.69. The minimum atomic E-state index is -0.430. The van der Waals surface area contributed by atoms with E-state index in [1.165, 1.54) is 6.07 Å². The molecule has 1 aromatic heterocycles. The molecule has 19 heavy (non-hydrogen) atoms.